The van der Waals surface area contributed by atoms with Crippen LogP contribution in [0.25, 0.3) is 0 Å². The van der Waals surface area contributed by atoms with Crippen molar-refractivity contribution in [3.8, 4) is 6.19 Å². The van der Waals surface area contributed by atoms with Gasteiger partial charge in [0.15, 0.2) is 6.19 Å². The Bertz CT molecular complexity index is 668. The zero-order chi connectivity index (χ0) is 15.3. The van der Waals surface area contributed by atoms with Gasteiger partial charge < -0.3 is 10.2 Å². The van der Waals surface area contributed by atoms with E-state index >= 15 is 0 Å². The van der Waals surface area contributed by atoms with Crippen LogP contribution in [0, 0.1) is 17.4 Å². The SMILES string of the molecule is N#CN1[C@H]2CC[C@@H]1[C@H](NC(=O)[C@H]1Cc3ccc(Br)cc3C1)C2. The molecule has 2 heterocycles. The van der Waals surface area contributed by atoms with E-state index in [1.807, 2.05) is 11.0 Å². The van der Waals surface area contributed by atoms with Gasteiger partial charge in [0.25, 0.3) is 0 Å². The molecule has 22 heavy (non-hydrogen) atoms. The van der Waals surface area contributed by atoms with Gasteiger partial charge >= 0.3 is 0 Å². The van der Waals surface area contributed by atoms with Crippen LogP contribution in [0.2, 0.25) is 0 Å². The molecule has 3 aliphatic rings. The van der Waals surface area contributed by atoms with Gasteiger partial charge in [-0.2, -0.15) is 5.26 Å². The van der Waals surface area contributed by atoms with E-state index in [9.17, 15) is 10.1 Å². The van der Waals surface area contributed by atoms with Crippen LogP contribution >= 0.6 is 15.9 Å². The standard InChI is InChI=1S/C17H18BrN3O/c18-13-2-1-10-5-12(6-11(10)7-13)17(22)20-15-8-14-3-4-16(15)21(14)9-19/h1-2,7,12,14-16H,3-6,8H2,(H,20,22)/t12-,14-,15+,16+/m0/s1. The van der Waals surface area contributed by atoms with Crippen molar-refractivity contribution in [1.82, 2.24) is 10.2 Å². The molecule has 1 aliphatic carbocycles. The summed E-state index contributed by atoms with van der Waals surface area (Å²) in [7, 11) is 0. The summed E-state index contributed by atoms with van der Waals surface area (Å²) in [5.74, 6) is 0.196. The Morgan fingerprint density at radius 2 is 2.14 bits per heavy atom. The lowest BCUT2D eigenvalue weighted by Crippen LogP contribution is -2.45. The lowest BCUT2D eigenvalue weighted by molar-refractivity contribution is -0.125. The molecule has 2 fully saturated rings. The van der Waals surface area contributed by atoms with Crippen molar-refractivity contribution in [2.75, 3.05) is 0 Å². The average molecular weight is 360 g/mol. The number of benzene rings is 1. The molecule has 4 nitrogen and oxygen atoms in total. The third-order valence-corrected chi connectivity index (χ3v) is 5.94. The number of fused-ring (bicyclic) bond motifs is 3. The fourth-order valence-corrected chi connectivity index (χ4v) is 4.78. The molecule has 1 N–H and O–H groups in total. The van der Waals surface area contributed by atoms with Crippen LogP contribution in [0.4, 0.5) is 0 Å². The maximum atomic E-state index is 12.6. The van der Waals surface area contributed by atoms with Crippen molar-refractivity contribution in [3.05, 3.63) is 33.8 Å². The molecule has 0 aromatic heterocycles. The molecule has 0 unspecified atom stereocenters. The Kier molecular flexibility index (Phi) is 3.37. The number of carbonyl (C=O) groups excluding carboxylic acids is 1. The average Bonchev–Trinajstić information content (AvgIpc) is 3.17. The molecule has 5 heteroatoms. The first-order valence-electron chi connectivity index (χ1n) is 7.91. The minimum absolute atomic E-state index is 0.0407. The van der Waals surface area contributed by atoms with Crippen LogP contribution < -0.4 is 5.32 Å². The number of carbonyl (C=O) groups is 1. The van der Waals surface area contributed by atoms with E-state index in [1.165, 1.54) is 11.1 Å². The number of rotatable bonds is 2. The molecule has 1 aromatic rings. The van der Waals surface area contributed by atoms with Crippen LogP contribution in [-0.2, 0) is 17.6 Å². The van der Waals surface area contributed by atoms with Gasteiger partial charge in [0.2, 0.25) is 5.91 Å². The molecule has 1 amide bonds. The topological polar surface area (TPSA) is 56.1 Å². The molecule has 4 rings (SSSR count). The number of hydrogen-bond donors (Lipinski definition) is 1. The van der Waals surface area contributed by atoms with Crippen molar-refractivity contribution in [3.63, 3.8) is 0 Å². The van der Waals surface area contributed by atoms with Gasteiger partial charge in [-0.25, -0.2) is 0 Å². The van der Waals surface area contributed by atoms with E-state index < -0.39 is 0 Å². The molecule has 114 valence electrons. The third kappa shape index (κ3) is 2.21. The number of nitriles is 1. The molecule has 4 atom stereocenters. The highest BCUT2D eigenvalue weighted by molar-refractivity contribution is 9.10. The summed E-state index contributed by atoms with van der Waals surface area (Å²) in [5.41, 5.74) is 2.57. The second-order valence-electron chi connectivity index (χ2n) is 6.67. The van der Waals surface area contributed by atoms with Gasteiger partial charge in [-0.1, -0.05) is 22.0 Å². The number of hydrogen-bond acceptors (Lipinski definition) is 3. The van der Waals surface area contributed by atoms with Crippen molar-refractivity contribution in [1.29, 1.82) is 5.26 Å². The summed E-state index contributed by atoms with van der Waals surface area (Å²) < 4.78 is 1.07. The maximum Gasteiger partial charge on any atom is 0.224 e. The normalized spacial score (nSPS) is 31.9. The van der Waals surface area contributed by atoms with E-state index in [1.54, 1.807) is 0 Å². The molecule has 0 spiro atoms. The third-order valence-electron chi connectivity index (χ3n) is 5.45. The Labute approximate surface area is 138 Å². The van der Waals surface area contributed by atoms with Crippen LogP contribution in [0.15, 0.2) is 22.7 Å². The predicted molar refractivity (Wildman–Crippen MR) is 85.8 cm³/mol. The van der Waals surface area contributed by atoms with Gasteiger partial charge in [0, 0.05) is 16.4 Å². The van der Waals surface area contributed by atoms with E-state index in [0.29, 0.717) is 6.04 Å². The molecule has 2 saturated heterocycles. The summed E-state index contributed by atoms with van der Waals surface area (Å²) in [6.07, 6.45) is 6.99. The molecule has 1 aromatic carbocycles. The summed E-state index contributed by atoms with van der Waals surface area (Å²) in [5, 5.41) is 12.4. The summed E-state index contributed by atoms with van der Waals surface area (Å²) in [4.78, 5) is 14.5. The summed E-state index contributed by atoms with van der Waals surface area (Å²) in [6.45, 7) is 0. The lowest BCUT2D eigenvalue weighted by atomic mass is 9.94. The molecule has 0 saturated carbocycles. The van der Waals surface area contributed by atoms with Crippen LogP contribution in [-0.4, -0.2) is 28.9 Å². The molecular formula is C17H18BrN3O. The largest absolute Gasteiger partial charge is 0.351 e. The van der Waals surface area contributed by atoms with Crippen LogP contribution in [0.1, 0.15) is 30.4 Å². The molecule has 2 bridgehead atoms. The Hall–Kier alpha value is -1.54. The molecule has 0 radical (unpaired) electrons. The van der Waals surface area contributed by atoms with E-state index in [0.717, 1.165) is 36.6 Å². The first-order valence-corrected chi connectivity index (χ1v) is 8.71. The second-order valence-corrected chi connectivity index (χ2v) is 7.59. The highest BCUT2D eigenvalue weighted by Gasteiger charge is 2.47. The second kappa shape index (κ2) is 5.27. The lowest BCUT2D eigenvalue weighted by Gasteiger charge is -2.23. The van der Waals surface area contributed by atoms with Gasteiger partial charge in [-0.15, -0.1) is 0 Å². The van der Waals surface area contributed by atoms with Gasteiger partial charge in [0.05, 0.1) is 12.1 Å². The minimum Gasteiger partial charge on any atom is -0.351 e. The monoisotopic (exact) mass is 359 g/mol. The zero-order valence-electron chi connectivity index (χ0n) is 12.3. The van der Waals surface area contributed by atoms with Crippen molar-refractivity contribution in [2.24, 2.45) is 5.92 Å². The fraction of sp³-hybridized carbons (Fsp3) is 0.529. The number of amides is 1. The molecular weight excluding hydrogens is 342 g/mol. The zero-order valence-corrected chi connectivity index (χ0v) is 13.8. The van der Waals surface area contributed by atoms with Crippen molar-refractivity contribution < 1.29 is 4.79 Å². The highest BCUT2D eigenvalue weighted by Crippen LogP contribution is 2.37. The van der Waals surface area contributed by atoms with E-state index in [4.69, 9.17) is 0 Å². The number of halogens is 1. The van der Waals surface area contributed by atoms with Crippen LogP contribution in [0.3, 0.4) is 0 Å². The van der Waals surface area contributed by atoms with Gasteiger partial charge in [-0.05, 0) is 55.4 Å². The Morgan fingerprint density at radius 3 is 2.91 bits per heavy atom. The minimum atomic E-state index is 0.0407. The fourth-order valence-electron chi connectivity index (χ4n) is 4.37. The van der Waals surface area contributed by atoms with Crippen molar-refractivity contribution >= 4 is 21.8 Å². The Balaban J connectivity index is 1.42. The molecule has 2 aliphatic heterocycles. The Morgan fingerprint density at radius 1 is 1.32 bits per heavy atom. The maximum absolute atomic E-state index is 12.6. The van der Waals surface area contributed by atoms with Gasteiger partial charge in [0.1, 0.15) is 0 Å². The predicted octanol–water partition coefficient (Wildman–Crippen LogP) is 2.37. The smallest absolute Gasteiger partial charge is 0.224 e. The quantitative estimate of drug-likeness (QED) is 0.824. The van der Waals surface area contributed by atoms with Crippen molar-refractivity contribution in [2.45, 2.75) is 50.2 Å². The summed E-state index contributed by atoms with van der Waals surface area (Å²) >= 11 is 3.49. The van der Waals surface area contributed by atoms with Crippen LogP contribution in [0.5, 0.6) is 0 Å². The van der Waals surface area contributed by atoms with E-state index in [2.05, 4.69) is 39.6 Å². The first-order chi connectivity index (χ1) is 10.7. The number of nitrogens with zero attached hydrogens (tertiary/aromatic N) is 2. The summed E-state index contributed by atoms with van der Waals surface area (Å²) in [6, 6.07) is 6.99. The highest BCUT2D eigenvalue weighted by atomic mass is 79.9. The first kappa shape index (κ1) is 14.1. The van der Waals surface area contributed by atoms with E-state index in [-0.39, 0.29) is 23.9 Å². The van der Waals surface area contributed by atoms with Gasteiger partial charge in [-0.3, -0.25) is 4.79 Å². The number of nitrogens with one attached hydrogen (secondary N) is 1.